The third kappa shape index (κ3) is 4.55. The van der Waals surface area contributed by atoms with Crippen molar-refractivity contribution < 1.29 is 23.2 Å². The molecule has 0 bridgehead atoms. The second-order valence-electron chi connectivity index (χ2n) is 6.59. The molecule has 0 unspecified atom stereocenters. The highest BCUT2D eigenvalue weighted by Gasteiger charge is 2.32. The van der Waals surface area contributed by atoms with Crippen LogP contribution < -0.4 is 5.48 Å². The van der Waals surface area contributed by atoms with Gasteiger partial charge in [-0.1, -0.05) is 36.4 Å². The number of pyridine rings is 1. The molecular formula is C22H18F3N3O2. The molecule has 1 heterocycles. The van der Waals surface area contributed by atoms with Crippen LogP contribution in [0.25, 0.3) is 0 Å². The summed E-state index contributed by atoms with van der Waals surface area (Å²) in [5.74, 6) is -0.654. The van der Waals surface area contributed by atoms with Gasteiger partial charge < -0.3 is 0 Å². The highest BCUT2D eigenvalue weighted by molar-refractivity contribution is 6.15. The van der Waals surface area contributed by atoms with Gasteiger partial charge in [-0.2, -0.15) is 13.2 Å². The van der Waals surface area contributed by atoms with Crippen molar-refractivity contribution in [1.29, 1.82) is 0 Å². The average Bonchev–Trinajstić information content (AvgIpc) is 2.72. The van der Waals surface area contributed by atoms with E-state index < -0.39 is 17.8 Å². The summed E-state index contributed by atoms with van der Waals surface area (Å²) in [5, 5.41) is 8.78. The zero-order valence-corrected chi connectivity index (χ0v) is 16.2. The molecule has 0 saturated carbocycles. The number of nitrogens with zero attached hydrogens (tertiary/aromatic N) is 2. The van der Waals surface area contributed by atoms with E-state index in [0.29, 0.717) is 17.0 Å². The molecule has 1 amide bonds. The number of hydrogen-bond donors (Lipinski definition) is 2. The van der Waals surface area contributed by atoms with Gasteiger partial charge in [-0.25, -0.2) is 15.5 Å². The maximum atomic E-state index is 12.9. The molecular weight excluding hydrogens is 395 g/mol. The maximum Gasteiger partial charge on any atom is 0.433 e. The fourth-order valence-electron chi connectivity index (χ4n) is 2.91. The molecule has 5 nitrogen and oxygen atoms in total. The minimum Gasteiger partial charge on any atom is -0.288 e. The number of amides is 1. The zero-order valence-electron chi connectivity index (χ0n) is 16.2. The second kappa shape index (κ2) is 8.46. The number of aromatic nitrogens is 1. The van der Waals surface area contributed by atoms with Gasteiger partial charge in [0.05, 0.1) is 17.1 Å². The van der Waals surface area contributed by atoms with E-state index in [-0.39, 0.29) is 11.3 Å². The van der Waals surface area contributed by atoms with Gasteiger partial charge in [0.15, 0.2) is 0 Å². The van der Waals surface area contributed by atoms with Gasteiger partial charge in [-0.3, -0.25) is 10.0 Å². The highest BCUT2D eigenvalue weighted by atomic mass is 19.4. The van der Waals surface area contributed by atoms with Crippen LogP contribution in [-0.4, -0.2) is 21.8 Å². The first-order valence-corrected chi connectivity index (χ1v) is 8.95. The lowest BCUT2D eigenvalue weighted by Crippen LogP contribution is -2.18. The van der Waals surface area contributed by atoms with Crippen LogP contribution in [0.4, 0.5) is 18.9 Å². The van der Waals surface area contributed by atoms with Gasteiger partial charge >= 0.3 is 6.18 Å². The number of rotatable bonds is 4. The van der Waals surface area contributed by atoms with Gasteiger partial charge in [0, 0.05) is 16.7 Å². The lowest BCUT2D eigenvalue weighted by atomic mass is 9.97. The van der Waals surface area contributed by atoms with Crippen LogP contribution in [0.2, 0.25) is 0 Å². The summed E-state index contributed by atoms with van der Waals surface area (Å²) in [6.07, 6.45) is -4.53. The molecule has 0 radical (unpaired) electrons. The number of aryl methyl sites for hydroxylation is 2. The van der Waals surface area contributed by atoms with Crippen molar-refractivity contribution in [2.45, 2.75) is 20.0 Å². The fourth-order valence-corrected chi connectivity index (χ4v) is 2.91. The van der Waals surface area contributed by atoms with Crippen LogP contribution >= 0.6 is 0 Å². The molecule has 2 N–H and O–H groups in total. The van der Waals surface area contributed by atoms with E-state index in [9.17, 15) is 18.0 Å². The molecule has 3 rings (SSSR count). The Bertz CT molecular complexity index is 1110. The molecule has 3 aromatic rings. The monoisotopic (exact) mass is 413 g/mol. The SMILES string of the molecule is Cc1ccccc1C(=Nc1ccc(C(F)(F)F)nc1C)c1ccc(C(=O)NO)cc1. The Morgan fingerprint density at radius 2 is 1.60 bits per heavy atom. The third-order valence-electron chi connectivity index (χ3n) is 4.50. The van der Waals surface area contributed by atoms with Gasteiger partial charge in [-0.15, -0.1) is 0 Å². The quantitative estimate of drug-likeness (QED) is 0.359. The van der Waals surface area contributed by atoms with E-state index in [2.05, 4.69) is 9.98 Å². The number of nitrogens with one attached hydrogen (secondary N) is 1. The van der Waals surface area contributed by atoms with Crippen molar-refractivity contribution in [3.05, 3.63) is 94.3 Å². The van der Waals surface area contributed by atoms with Crippen LogP contribution in [0.3, 0.4) is 0 Å². The van der Waals surface area contributed by atoms with E-state index >= 15 is 0 Å². The first-order chi connectivity index (χ1) is 14.2. The van der Waals surface area contributed by atoms with Gasteiger partial charge in [0.2, 0.25) is 0 Å². The van der Waals surface area contributed by atoms with Crippen LogP contribution in [0, 0.1) is 13.8 Å². The molecule has 0 aliphatic rings. The molecule has 30 heavy (non-hydrogen) atoms. The topological polar surface area (TPSA) is 74.6 Å². The third-order valence-corrected chi connectivity index (χ3v) is 4.50. The first kappa shape index (κ1) is 21.2. The normalized spacial score (nSPS) is 12.0. The summed E-state index contributed by atoms with van der Waals surface area (Å²) in [4.78, 5) is 19.8. The molecule has 1 aromatic heterocycles. The van der Waals surface area contributed by atoms with Gasteiger partial charge in [0.1, 0.15) is 5.69 Å². The Morgan fingerprint density at radius 3 is 2.17 bits per heavy atom. The predicted molar refractivity (Wildman–Crippen MR) is 106 cm³/mol. The number of hydroxylamine groups is 1. The number of hydrogen-bond acceptors (Lipinski definition) is 4. The molecule has 0 spiro atoms. The first-order valence-electron chi connectivity index (χ1n) is 8.95. The Balaban J connectivity index is 2.14. The average molecular weight is 413 g/mol. The number of carbonyl (C=O) groups is 1. The number of alkyl halides is 3. The zero-order chi connectivity index (χ0) is 21.9. The van der Waals surface area contributed by atoms with Crippen molar-refractivity contribution in [2.75, 3.05) is 0 Å². The molecule has 0 aliphatic heterocycles. The summed E-state index contributed by atoms with van der Waals surface area (Å²) in [6.45, 7) is 3.37. The molecule has 0 saturated heterocycles. The van der Waals surface area contributed by atoms with Crippen molar-refractivity contribution >= 4 is 17.3 Å². The molecule has 0 fully saturated rings. The maximum absolute atomic E-state index is 12.9. The highest BCUT2D eigenvalue weighted by Crippen LogP contribution is 2.30. The summed E-state index contributed by atoms with van der Waals surface area (Å²) >= 11 is 0. The van der Waals surface area contributed by atoms with E-state index in [1.54, 1.807) is 17.6 Å². The molecule has 2 aromatic carbocycles. The summed E-state index contributed by atoms with van der Waals surface area (Å²) in [6, 6.07) is 16.0. The van der Waals surface area contributed by atoms with Crippen molar-refractivity contribution in [1.82, 2.24) is 10.5 Å². The number of aliphatic imine (C=N–C) groups is 1. The van der Waals surface area contributed by atoms with Crippen molar-refractivity contribution in [3.8, 4) is 0 Å². The fraction of sp³-hybridized carbons (Fsp3) is 0.136. The van der Waals surface area contributed by atoms with Crippen LogP contribution in [0.5, 0.6) is 0 Å². The number of benzene rings is 2. The molecule has 154 valence electrons. The Hall–Kier alpha value is -3.52. The largest absolute Gasteiger partial charge is 0.433 e. The second-order valence-corrected chi connectivity index (χ2v) is 6.59. The smallest absolute Gasteiger partial charge is 0.288 e. The number of carbonyl (C=O) groups excluding carboxylic acids is 1. The molecule has 8 heteroatoms. The minimum atomic E-state index is -4.53. The Morgan fingerprint density at radius 1 is 0.967 bits per heavy atom. The van der Waals surface area contributed by atoms with E-state index in [1.165, 1.54) is 25.1 Å². The molecule has 0 aliphatic carbocycles. The van der Waals surface area contributed by atoms with E-state index in [4.69, 9.17) is 5.21 Å². The van der Waals surface area contributed by atoms with Crippen LogP contribution in [-0.2, 0) is 6.18 Å². The standard InChI is InChI=1S/C22H18F3N3O2/c1-13-5-3-4-6-17(13)20(15-7-9-16(10-8-15)21(29)28-30)27-18-11-12-19(22(23,24)25)26-14(18)2/h3-12,30H,1-2H3,(H,28,29). The van der Waals surface area contributed by atoms with Gasteiger partial charge in [0.25, 0.3) is 5.91 Å². The van der Waals surface area contributed by atoms with E-state index in [0.717, 1.165) is 17.2 Å². The van der Waals surface area contributed by atoms with Gasteiger partial charge in [-0.05, 0) is 43.7 Å². The van der Waals surface area contributed by atoms with Crippen molar-refractivity contribution in [2.24, 2.45) is 4.99 Å². The van der Waals surface area contributed by atoms with Crippen LogP contribution in [0.1, 0.15) is 38.4 Å². The lowest BCUT2D eigenvalue weighted by molar-refractivity contribution is -0.141. The lowest BCUT2D eigenvalue weighted by Gasteiger charge is -2.13. The Labute approximate surface area is 170 Å². The summed E-state index contributed by atoms with van der Waals surface area (Å²) in [7, 11) is 0. The van der Waals surface area contributed by atoms with E-state index in [1.807, 2.05) is 31.2 Å². The minimum absolute atomic E-state index is 0.146. The summed E-state index contributed by atoms with van der Waals surface area (Å²) in [5.41, 5.74) is 4.17. The summed E-state index contributed by atoms with van der Waals surface area (Å²) < 4.78 is 38.8. The Kier molecular flexibility index (Phi) is 5.98. The van der Waals surface area contributed by atoms with Crippen LogP contribution in [0.15, 0.2) is 65.7 Å². The molecule has 0 atom stereocenters. The predicted octanol–water partition coefficient (Wildman–Crippen LogP) is 5.01. The number of halogens is 3. The van der Waals surface area contributed by atoms with Crippen molar-refractivity contribution in [3.63, 3.8) is 0 Å².